The van der Waals surface area contributed by atoms with Gasteiger partial charge in [-0.05, 0) is 36.4 Å². The highest BCUT2D eigenvalue weighted by atomic mass is 32.2. The first kappa shape index (κ1) is 20.1. The van der Waals surface area contributed by atoms with Crippen LogP contribution in [0.1, 0.15) is 10.4 Å². The third-order valence-electron chi connectivity index (χ3n) is 4.04. The number of hydrogen-bond acceptors (Lipinski definition) is 4. The summed E-state index contributed by atoms with van der Waals surface area (Å²) in [5.41, 5.74) is 0.604. The third-order valence-corrected chi connectivity index (χ3v) is 6.91. The standard InChI is InChI=1S/C19H18FN3O3S2/c1-4-12-23-17-15(20)6-5-7-16(17)27-19(23)21-18(24)13-8-10-14(11-9-13)28(25,26)22(2)3/h4-11H,1,12H2,2-3H3. The van der Waals surface area contributed by atoms with Crippen LogP contribution in [0.2, 0.25) is 0 Å². The molecule has 0 fully saturated rings. The van der Waals surface area contributed by atoms with E-state index in [1.54, 1.807) is 22.8 Å². The quantitative estimate of drug-likeness (QED) is 0.597. The van der Waals surface area contributed by atoms with Crippen LogP contribution in [0.15, 0.2) is 65.0 Å². The van der Waals surface area contributed by atoms with Crippen molar-refractivity contribution in [3.05, 3.63) is 71.3 Å². The van der Waals surface area contributed by atoms with Gasteiger partial charge in [-0.3, -0.25) is 4.79 Å². The number of benzene rings is 2. The molecule has 28 heavy (non-hydrogen) atoms. The average molecular weight is 420 g/mol. The molecule has 0 aliphatic carbocycles. The third kappa shape index (κ3) is 3.68. The second-order valence-corrected chi connectivity index (χ2v) is 9.26. The molecule has 0 unspecified atom stereocenters. The van der Waals surface area contributed by atoms with Crippen LogP contribution in [0, 0.1) is 5.82 Å². The highest BCUT2D eigenvalue weighted by Gasteiger charge is 2.18. The molecule has 3 aromatic rings. The number of rotatable bonds is 5. The van der Waals surface area contributed by atoms with Crippen molar-refractivity contribution in [2.24, 2.45) is 4.99 Å². The zero-order chi connectivity index (χ0) is 20.5. The van der Waals surface area contributed by atoms with Crippen LogP contribution in [-0.4, -0.2) is 37.3 Å². The van der Waals surface area contributed by atoms with Gasteiger partial charge in [-0.15, -0.1) is 6.58 Å². The van der Waals surface area contributed by atoms with Crippen LogP contribution in [-0.2, 0) is 16.6 Å². The van der Waals surface area contributed by atoms with Crippen molar-refractivity contribution >= 4 is 37.5 Å². The molecule has 6 nitrogen and oxygen atoms in total. The number of fused-ring (bicyclic) bond motifs is 1. The normalized spacial score (nSPS) is 12.6. The van der Waals surface area contributed by atoms with Crippen LogP contribution in [0.25, 0.3) is 10.2 Å². The summed E-state index contributed by atoms with van der Waals surface area (Å²) in [6.45, 7) is 3.97. The first-order valence-electron chi connectivity index (χ1n) is 8.26. The number of nitrogens with zero attached hydrogens (tertiary/aromatic N) is 3. The van der Waals surface area contributed by atoms with Gasteiger partial charge in [0.15, 0.2) is 4.80 Å². The van der Waals surface area contributed by atoms with Crippen molar-refractivity contribution in [3.8, 4) is 0 Å². The molecule has 9 heteroatoms. The fourth-order valence-corrected chi connectivity index (χ4v) is 4.56. The lowest BCUT2D eigenvalue weighted by Gasteiger charge is -2.11. The Labute approximate surface area is 165 Å². The minimum Gasteiger partial charge on any atom is -0.310 e. The van der Waals surface area contributed by atoms with Crippen molar-refractivity contribution in [1.82, 2.24) is 8.87 Å². The van der Waals surface area contributed by atoms with Gasteiger partial charge in [-0.25, -0.2) is 17.1 Å². The van der Waals surface area contributed by atoms with E-state index in [0.717, 1.165) is 4.31 Å². The van der Waals surface area contributed by atoms with Gasteiger partial charge in [0, 0.05) is 26.2 Å². The van der Waals surface area contributed by atoms with E-state index in [9.17, 15) is 17.6 Å². The highest BCUT2D eigenvalue weighted by Crippen LogP contribution is 2.21. The molecule has 0 saturated carbocycles. The lowest BCUT2D eigenvalue weighted by atomic mass is 10.2. The number of thiazole rings is 1. The van der Waals surface area contributed by atoms with E-state index in [1.165, 1.54) is 55.8 Å². The van der Waals surface area contributed by atoms with E-state index < -0.39 is 21.7 Å². The Morgan fingerprint density at radius 3 is 2.54 bits per heavy atom. The maximum Gasteiger partial charge on any atom is 0.279 e. The van der Waals surface area contributed by atoms with E-state index in [1.807, 2.05) is 0 Å². The maximum absolute atomic E-state index is 14.2. The number of hydrogen-bond donors (Lipinski definition) is 0. The van der Waals surface area contributed by atoms with E-state index in [-0.39, 0.29) is 10.5 Å². The van der Waals surface area contributed by atoms with Crippen molar-refractivity contribution in [2.75, 3.05) is 14.1 Å². The molecule has 1 heterocycles. The Hall–Kier alpha value is -2.62. The predicted molar refractivity (Wildman–Crippen MR) is 107 cm³/mol. The van der Waals surface area contributed by atoms with Gasteiger partial charge in [0.05, 0.1) is 15.1 Å². The molecule has 0 N–H and O–H groups in total. The molecule has 1 amide bonds. The van der Waals surface area contributed by atoms with Gasteiger partial charge in [0.1, 0.15) is 5.82 Å². The molecule has 0 radical (unpaired) electrons. The molecule has 1 aromatic heterocycles. The fourth-order valence-electron chi connectivity index (χ4n) is 2.60. The first-order chi connectivity index (χ1) is 13.3. The molecule has 0 aliphatic heterocycles. The van der Waals surface area contributed by atoms with Crippen molar-refractivity contribution in [3.63, 3.8) is 0 Å². The number of halogens is 1. The number of para-hydroxylation sites is 1. The SMILES string of the molecule is C=CCn1c(=NC(=O)c2ccc(S(=O)(=O)N(C)C)cc2)sc2cccc(F)c21. The van der Waals surface area contributed by atoms with Gasteiger partial charge >= 0.3 is 0 Å². The summed E-state index contributed by atoms with van der Waals surface area (Å²) < 4.78 is 41.8. The van der Waals surface area contributed by atoms with Gasteiger partial charge < -0.3 is 4.57 Å². The molecule has 0 spiro atoms. The van der Waals surface area contributed by atoms with Gasteiger partial charge in [-0.2, -0.15) is 4.99 Å². The minimum absolute atomic E-state index is 0.0831. The molecule has 0 bridgehead atoms. The second kappa shape index (κ2) is 7.78. The molecule has 2 aromatic carbocycles. The average Bonchev–Trinajstić information content (AvgIpc) is 3.00. The number of sulfonamides is 1. The predicted octanol–water partition coefficient (Wildman–Crippen LogP) is 3.02. The summed E-state index contributed by atoms with van der Waals surface area (Å²) in [5, 5.41) is 0. The van der Waals surface area contributed by atoms with Gasteiger partial charge in [0.25, 0.3) is 5.91 Å². The molecule has 0 aliphatic rings. The van der Waals surface area contributed by atoms with Crippen LogP contribution in [0.5, 0.6) is 0 Å². The topological polar surface area (TPSA) is 71.7 Å². The van der Waals surface area contributed by atoms with Crippen LogP contribution in [0.3, 0.4) is 0 Å². The zero-order valence-corrected chi connectivity index (χ0v) is 16.9. The number of allylic oxidation sites excluding steroid dienone is 1. The van der Waals surface area contributed by atoms with E-state index in [0.29, 0.717) is 21.6 Å². The molecular formula is C19H18FN3O3S2. The van der Waals surface area contributed by atoms with E-state index in [4.69, 9.17) is 0 Å². The summed E-state index contributed by atoms with van der Waals surface area (Å²) >= 11 is 1.20. The molecule has 146 valence electrons. The second-order valence-electron chi connectivity index (χ2n) is 6.10. The summed E-state index contributed by atoms with van der Waals surface area (Å²) in [6, 6.07) is 10.3. The number of amides is 1. The summed E-state index contributed by atoms with van der Waals surface area (Å²) in [6.07, 6.45) is 1.60. The Morgan fingerprint density at radius 1 is 1.25 bits per heavy atom. The zero-order valence-electron chi connectivity index (χ0n) is 15.3. The van der Waals surface area contributed by atoms with Gasteiger partial charge in [0.2, 0.25) is 10.0 Å². The van der Waals surface area contributed by atoms with Crippen molar-refractivity contribution in [1.29, 1.82) is 0 Å². The largest absolute Gasteiger partial charge is 0.310 e. The summed E-state index contributed by atoms with van der Waals surface area (Å²) in [5.74, 6) is -0.943. The number of aromatic nitrogens is 1. The Bertz CT molecular complexity index is 1220. The number of carbonyl (C=O) groups excluding carboxylic acids is 1. The summed E-state index contributed by atoms with van der Waals surface area (Å²) in [7, 11) is -0.711. The Kier molecular flexibility index (Phi) is 5.59. The van der Waals surface area contributed by atoms with Gasteiger partial charge in [-0.1, -0.05) is 23.5 Å². The van der Waals surface area contributed by atoms with E-state index in [2.05, 4.69) is 11.6 Å². The van der Waals surface area contributed by atoms with Crippen LogP contribution in [0.4, 0.5) is 4.39 Å². The lowest BCUT2D eigenvalue weighted by molar-refractivity contribution is 0.0997. The highest BCUT2D eigenvalue weighted by molar-refractivity contribution is 7.89. The monoisotopic (exact) mass is 419 g/mol. The minimum atomic E-state index is -3.58. The molecular weight excluding hydrogens is 401 g/mol. The Morgan fingerprint density at radius 2 is 1.93 bits per heavy atom. The van der Waals surface area contributed by atoms with Crippen LogP contribution < -0.4 is 4.80 Å². The summed E-state index contributed by atoms with van der Waals surface area (Å²) in [4.78, 5) is 17.1. The van der Waals surface area contributed by atoms with Crippen molar-refractivity contribution < 1.29 is 17.6 Å². The first-order valence-corrected chi connectivity index (χ1v) is 10.5. The molecule has 0 atom stereocenters. The smallest absolute Gasteiger partial charge is 0.279 e. The lowest BCUT2D eigenvalue weighted by Crippen LogP contribution is -2.22. The molecule has 3 rings (SSSR count). The Balaban J connectivity index is 2.05. The number of carbonyl (C=O) groups is 1. The molecule has 0 saturated heterocycles. The van der Waals surface area contributed by atoms with E-state index >= 15 is 0 Å². The van der Waals surface area contributed by atoms with Crippen LogP contribution >= 0.6 is 11.3 Å². The van der Waals surface area contributed by atoms with Crippen molar-refractivity contribution in [2.45, 2.75) is 11.4 Å². The fraction of sp³-hybridized carbons (Fsp3) is 0.158. The maximum atomic E-state index is 14.2.